The maximum absolute atomic E-state index is 12.3. The summed E-state index contributed by atoms with van der Waals surface area (Å²) in [6.07, 6.45) is 0. The van der Waals surface area contributed by atoms with Crippen LogP contribution in [0.4, 0.5) is 11.4 Å². The highest BCUT2D eigenvalue weighted by molar-refractivity contribution is 7.80. The Morgan fingerprint density at radius 2 is 1.65 bits per heavy atom. The van der Waals surface area contributed by atoms with E-state index in [1.807, 2.05) is 0 Å². The highest BCUT2D eigenvalue weighted by Gasteiger charge is 2.11. The first kappa shape index (κ1) is 18.9. The summed E-state index contributed by atoms with van der Waals surface area (Å²) in [5.74, 6) is 0.486. The molecule has 0 saturated carbocycles. The number of carbonyl (C=O) groups excluding carboxylic acids is 1. The second-order valence-corrected chi connectivity index (χ2v) is 5.35. The summed E-state index contributed by atoms with van der Waals surface area (Å²) >= 11 is 5.04. The van der Waals surface area contributed by atoms with Crippen molar-refractivity contribution in [3.63, 3.8) is 0 Å². The van der Waals surface area contributed by atoms with Gasteiger partial charge in [-0.2, -0.15) is 0 Å². The Kier molecular flexibility index (Phi) is 6.28. The molecule has 136 valence electrons. The van der Waals surface area contributed by atoms with Gasteiger partial charge < -0.3 is 9.47 Å². The van der Waals surface area contributed by atoms with Crippen molar-refractivity contribution in [2.24, 2.45) is 0 Å². The molecule has 0 fully saturated rings. The highest BCUT2D eigenvalue weighted by atomic mass is 32.1. The van der Waals surface area contributed by atoms with Gasteiger partial charge in [0.25, 0.3) is 11.6 Å². The van der Waals surface area contributed by atoms with E-state index in [2.05, 4.69) is 16.2 Å². The third-order valence-electron chi connectivity index (χ3n) is 3.24. The number of non-ortho nitro benzene ring substituents is 1. The van der Waals surface area contributed by atoms with Crippen molar-refractivity contribution in [1.29, 1.82) is 0 Å². The number of rotatable bonds is 6. The van der Waals surface area contributed by atoms with Gasteiger partial charge in [0, 0.05) is 23.8 Å². The average molecular weight is 376 g/mol. The van der Waals surface area contributed by atoms with E-state index < -0.39 is 10.8 Å². The van der Waals surface area contributed by atoms with Gasteiger partial charge in [0.05, 0.1) is 24.8 Å². The molecule has 0 heterocycles. The SMILES string of the molecule is COc1cc(OC)cc(C(=O)NC(=S)NNc2ccc([N+](=O)[O-])cc2)c1. The molecule has 10 heteroatoms. The zero-order chi connectivity index (χ0) is 19.1. The number of nitro groups is 1. The highest BCUT2D eigenvalue weighted by Crippen LogP contribution is 2.22. The van der Waals surface area contributed by atoms with E-state index >= 15 is 0 Å². The van der Waals surface area contributed by atoms with Crippen LogP contribution in [0.1, 0.15) is 10.4 Å². The molecule has 3 N–H and O–H groups in total. The number of thiocarbonyl (C=S) groups is 1. The molecule has 0 saturated heterocycles. The van der Waals surface area contributed by atoms with Gasteiger partial charge in [-0.25, -0.2) is 0 Å². The first-order valence-electron chi connectivity index (χ1n) is 7.28. The molecule has 0 radical (unpaired) electrons. The van der Waals surface area contributed by atoms with E-state index in [-0.39, 0.29) is 10.8 Å². The lowest BCUT2D eigenvalue weighted by atomic mass is 10.2. The van der Waals surface area contributed by atoms with Crippen LogP contribution >= 0.6 is 12.2 Å². The maximum atomic E-state index is 12.3. The van der Waals surface area contributed by atoms with Crippen molar-refractivity contribution in [3.05, 3.63) is 58.1 Å². The summed E-state index contributed by atoms with van der Waals surface area (Å²) in [6.45, 7) is 0. The monoisotopic (exact) mass is 376 g/mol. The second kappa shape index (κ2) is 8.62. The summed E-state index contributed by atoms with van der Waals surface area (Å²) in [4.78, 5) is 22.4. The van der Waals surface area contributed by atoms with Gasteiger partial charge in [-0.1, -0.05) is 0 Å². The van der Waals surface area contributed by atoms with Gasteiger partial charge in [-0.15, -0.1) is 0 Å². The summed E-state index contributed by atoms with van der Waals surface area (Å²) in [5.41, 5.74) is 6.17. The fourth-order valence-corrected chi connectivity index (χ4v) is 2.08. The molecular formula is C16H16N4O5S. The molecule has 0 bridgehead atoms. The van der Waals surface area contributed by atoms with E-state index in [0.29, 0.717) is 22.7 Å². The van der Waals surface area contributed by atoms with Crippen LogP contribution in [0.3, 0.4) is 0 Å². The van der Waals surface area contributed by atoms with E-state index in [4.69, 9.17) is 21.7 Å². The number of nitrogens with one attached hydrogen (secondary N) is 3. The van der Waals surface area contributed by atoms with Crippen LogP contribution in [0.25, 0.3) is 0 Å². The van der Waals surface area contributed by atoms with Gasteiger partial charge in [0.2, 0.25) is 0 Å². The fraction of sp³-hybridized carbons (Fsp3) is 0.125. The third kappa shape index (κ3) is 5.05. The number of carbonyl (C=O) groups is 1. The fourth-order valence-electron chi connectivity index (χ4n) is 1.94. The van der Waals surface area contributed by atoms with Crippen molar-refractivity contribution in [2.45, 2.75) is 0 Å². The Morgan fingerprint density at radius 1 is 1.08 bits per heavy atom. The lowest BCUT2D eigenvalue weighted by Crippen LogP contribution is -2.41. The minimum atomic E-state index is -0.496. The zero-order valence-electron chi connectivity index (χ0n) is 13.9. The van der Waals surface area contributed by atoms with E-state index in [9.17, 15) is 14.9 Å². The normalized spacial score (nSPS) is 9.77. The number of anilines is 1. The quantitative estimate of drug-likeness (QED) is 0.399. The molecule has 2 aromatic carbocycles. The minimum Gasteiger partial charge on any atom is -0.497 e. The average Bonchev–Trinajstić information content (AvgIpc) is 2.66. The van der Waals surface area contributed by atoms with E-state index in [1.165, 1.54) is 38.5 Å². The molecule has 2 rings (SSSR count). The first-order valence-corrected chi connectivity index (χ1v) is 7.68. The topological polar surface area (TPSA) is 115 Å². The van der Waals surface area contributed by atoms with Gasteiger partial charge in [-0.3, -0.25) is 31.1 Å². The van der Waals surface area contributed by atoms with Crippen LogP contribution in [0.2, 0.25) is 0 Å². The number of hydrogen-bond acceptors (Lipinski definition) is 7. The maximum Gasteiger partial charge on any atom is 0.269 e. The summed E-state index contributed by atoms with van der Waals surface area (Å²) in [6, 6.07) is 10.4. The van der Waals surface area contributed by atoms with Crippen molar-refractivity contribution >= 4 is 34.6 Å². The lowest BCUT2D eigenvalue weighted by Gasteiger charge is -2.12. The number of nitrogens with zero attached hydrogens (tertiary/aromatic N) is 1. The van der Waals surface area contributed by atoms with Crippen LogP contribution in [-0.4, -0.2) is 30.2 Å². The summed E-state index contributed by atoms with van der Waals surface area (Å²) in [7, 11) is 2.97. The molecule has 0 aliphatic rings. The summed E-state index contributed by atoms with van der Waals surface area (Å²) < 4.78 is 10.2. The molecule has 0 aliphatic heterocycles. The molecular weight excluding hydrogens is 360 g/mol. The largest absolute Gasteiger partial charge is 0.497 e. The van der Waals surface area contributed by atoms with E-state index in [1.54, 1.807) is 18.2 Å². The standard InChI is InChI=1S/C16H16N4O5S/c1-24-13-7-10(8-14(9-13)25-2)15(21)17-16(26)19-18-11-3-5-12(6-4-11)20(22)23/h3-9,18H,1-2H3,(H2,17,19,21,26). The Labute approximate surface area is 154 Å². The molecule has 0 aromatic heterocycles. The number of benzene rings is 2. The molecule has 2 aromatic rings. The van der Waals surface area contributed by atoms with Crippen molar-refractivity contribution in [3.8, 4) is 11.5 Å². The van der Waals surface area contributed by atoms with Crippen LogP contribution < -0.4 is 25.6 Å². The smallest absolute Gasteiger partial charge is 0.269 e. The van der Waals surface area contributed by atoms with Crippen molar-refractivity contribution < 1.29 is 19.2 Å². The van der Waals surface area contributed by atoms with Crippen molar-refractivity contribution in [1.82, 2.24) is 10.7 Å². The van der Waals surface area contributed by atoms with Crippen molar-refractivity contribution in [2.75, 3.05) is 19.6 Å². The molecule has 1 amide bonds. The molecule has 26 heavy (non-hydrogen) atoms. The molecule has 0 atom stereocenters. The zero-order valence-corrected chi connectivity index (χ0v) is 14.8. The van der Waals surface area contributed by atoms with Crippen LogP contribution in [0, 0.1) is 10.1 Å². The number of hydrazine groups is 1. The number of hydrogen-bond donors (Lipinski definition) is 3. The number of ether oxygens (including phenoxy) is 2. The summed E-state index contributed by atoms with van der Waals surface area (Å²) in [5, 5.41) is 13.1. The number of nitro benzene ring substituents is 1. The predicted molar refractivity (Wildman–Crippen MR) is 99.5 cm³/mol. The minimum absolute atomic E-state index is 0.0233. The van der Waals surface area contributed by atoms with Crippen LogP contribution in [-0.2, 0) is 0 Å². The Morgan fingerprint density at radius 3 is 2.15 bits per heavy atom. The van der Waals surface area contributed by atoms with Gasteiger partial charge in [0.15, 0.2) is 5.11 Å². The number of amides is 1. The molecule has 0 spiro atoms. The van der Waals surface area contributed by atoms with Crippen LogP contribution in [0.5, 0.6) is 11.5 Å². The predicted octanol–water partition coefficient (Wildman–Crippen LogP) is 2.24. The van der Waals surface area contributed by atoms with Gasteiger partial charge >= 0.3 is 0 Å². The Bertz CT molecular complexity index is 804. The molecule has 0 unspecified atom stereocenters. The van der Waals surface area contributed by atoms with E-state index in [0.717, 1.165) is 0 Å². The number of methoxy groups -OCH3 is 2. The first-order chi connectivity index (χ1) is 12.4. The molecule has 0 aliphatic carbocycles. The third-order valence-corrected chi connectivity index (χ3v) is 3.44. The second-order valence-electron chi connectivity index (χ2n) is 4.94. The van der Waals surface area contributed by atoms with Crippen LogP contribution in [0.15, 0.2) is 42.5 Å². The Hall–Kier alpha value is -3.40. The molecule has 9 nitrogen and oxygen atoms in total. The van der Waals surface area contributed by atoms with Gasteiger partial charge in [-0.05, 0) is 36.5 Å². The lowest BCUT2D eigenvalue weighted by molar-refractivity contribution is -0.384. The Balaban J connectivity index is 1.94. The van der Waals surface area contributed by atoms with Gasteiger partial charge in [0.1, 0.15) is 11.5 Å².